The monoisotopic (exact) mass is 269 g/mol. The van der Waals surface area contributed by atoms with Crippen LogP contribution in [-0.4, -0.2) is 12.5 Å². The van der Waals surface area contributed by atoms with E-state index in [1.807, 2.05) is 20.8 Å². The first-order chi connectivity index (χ1) is 8.93. The molecule has 106 valence electrons. The Kier molecular flexibility index (Phi) is 5.93. The number of carbonyl (C=O) groups excluding carboxylic acids is 1. The van der Waals surface area contributed by atoms with Gasteiger partial charge in [0, 0.05) is 18.5 Å². The number of hydrogen-bond acceptors (Lipinski definition) is 1. The van der Waals surface area contributed by atoms with Gasteiger partial charge in [0.2, 0.25) is 5.91 Å². The molecule has 1 rings (SSSR count). The van der Waals surface area contributed by atoms with Crippen LogP contribution in [0.2, 0.25) is 0 Å². The maximum Gasteiger partial charge on any atom is 0.223 e. The minimum atomic E-state index is -0.575. The van der Waals surface area contributed by atoms with Crippen LogP contribution in [0.4, 0.5) is 8.78 Å². The van der Waals surface area contributed by atoms with Gasteiger partial charge in [-0.05, 0) is 43.4 Å². The van der Waals surface area contributed by atoms with E-state index in [-0.39, 0.29) is 17.7 Å². The number of nitrogens with one attached hydrogen (secondary N) is 1. The summed E-state index contributed by atoms with van der Waals surface area (Å²) in [6.45, 7) is 6.42. The predicted octanol–water partition coefficient (Wildman–Crippen LogP) is 3.31. The minimum Gasteiger partial charge on any atom is -0.356 e. The maximum absolute atomic E-state index is 13.1. The van der Waals surface area contributed by atoms with Crippen LogP contribution in [0, 0.1) is 23.5 Å². The Hall–Kier alpha value is -1.45. The van der Waals surface area contributed by atoms with E-state index in [4.69, 9.17) is 0 Å². The summed E-state index contributed by atoms with van der Waals surface area (Å²) >= 11 is 0. The molecule has 0 aliphatic heterocycles. The summed E-state index contributed by atoms with van der Waals surface area (Å²) in [6.07, 6.45) is 1.08. The van der Waals surface area contributed by atoms with Gasteiger partial charge in [-0.15, -0.1) is 0 Å². The minimum absolute atomic E-state index is 0.00868. The van der Waals surface area contributed by atoms with Gasteiger partial charge in [-0.3, -0.25) is 4.79 Å². The van der Waals surface area contributed by atoms with Crippen molar-refractivity contribution in [1.29, 1.82) is 0 Å². The van der Waals surface area contributed by atoms with Crippen molar-refractivity contribution in [3.63, 3.8) is 0 Å². The lowest BCUT2D eigenvalue weighted by Crippen LogP contribution is -2.33. The molecule has 0 aromatic heterocycles. The van der Waals surface area contributed by atoms with Crippen molar-refractivity contribution < 1.29 is 13.6 Å². The van der Waals surface area contributed by atoms with E-state index >= 15 is 0 Å². The first-order valence-electron chi connectivity index (χ1n) is 6.66. The summed E-state index contributed by atoms with van der Waals surface area (Å²) in [5, 5.41) is 2.80. The first-order valence-corrected chi connectivity index (χ1v) is 6.66. The number of carbonyl (C=O) groups is 1. The van der Waals surface area contributed by atoms with E-state index in [1.165, 1.54) is 12.1 Å². The van der Waals surface area contributed by atoms with Crippen molar-refractivity contribution in [2.24, 2.45) is 11.8 Å². The Bertz CT molecular complexity index is 412. The second-order valence-corrected chi connectivity index (χ2v) is 5.06. The number of halogens is 2. The molecular formula is C15H21F2NO. The lowest BCUT2D eigenvalue weighted by atomic mass is 9.89. The van der Waals surface area contributed by atoms with Crippen molar-refractivity contribution in [2.45, 2.75) is 33.6 Å². The molecule has 1 atom stereocenters. The smallest absolute Gasteiger partial charge is 0.223 e. The lowest BCUT2D eigenvalue weighted by Gasteiger charge is -2.19. The van der Waals surface area contributed by atoms with Gasteiger partial charge in [0.15, 0.2) is 0 Å². The molecule has 0 saturated carbocycles. The van der Waals surface area contributed by atoms with Crippen molar-refractivity contribution in [3.8, 4) is 0 Å². The number of amides is 1. The average molecular weight is 269 g/mol. The van der Waals surface area contributed by atoms with E-state index in [9.17, 15) is 13.6 Å². The van der Waals surface area contributed by atoms with Crippen LogP contribution in [-0.2, 0) is 11.2 Å². The molecule has 0 radical (unpaired) electrons. The summed E-state index contributed by atoms with van der Waals surface area (Å²) in [6, 6.07) is 3.49. The van der Waals surface area contributed by atoms with E-state index in [1.54, 1.807) is 0 Å². The number of aryl methyl sites for hydroxylation is 1. The second kappa shape index (κ2) is 7.22. The van der Waals surface area contributed by atoms with Crippen LogP contribution in [0.1, 0.15) is 32.8 Å². The number of rotatable bonds is 6. The Morgan fingerprint density at radius 3 is 2.26 bits per heavy atom. The van der Waals surface area contributed by atoms with Gasteiger partial charge in [0.05, 0.1) is 0 Å². The summed E-state index contributed by atoms with van der Waals surface area (Å²) in [5.74, 6) is -1.08. The Morgan fingerprint density at radius 2 is 1.79 bits per heavy atom. The number of benzene rings is 1. The topological polar surface area (TPSA) is 29.1 Å². The van der Waals surface area contributed by atoms with Gasteiger partial charge in [0.1, 0.15) is 11.6 Å². The molecule has 1 unspecified atom stereocenters. The third-order valence-electron chi connectivity index (χ3n) is 3.16. The molecule has 1 aromatic rings. The van der Waals surface area contributed by atoms with Crippen LogP contribution in [0.3, 0.4) is 0 Å². The zero-order valence-electron chi connectivity index (χ0n) is 11.7. The summed E-state index contributed by atoms with van der Waals surface area (Å²) in [4.78, 5) is 11.9. The molecule has 1 N–H and O–H groups in total. The van der Waals surface area contributed by atoms with Gasteiger partial charge < -0.3 is 5.32 Å². The van der Waals surface area contributed by atoms with Gasteiger partial charge >= 0.3 is 0 Å². The maximum atomic E-state index is 13.1. The predicted molar refractivity (Wildman–Crippen MR) is 71.7 cm³/mol. The highest BCUT2D eigenvalue weighted by atomic mass is 19.1. The lowest BCUT2D eigenvalue weighted by molar-refractivity contribution is -0.126. The molecule has 4 heteroatoms. The van der Waals surface area contributed by atoms with Crippen LogP contribution in [0.25, 0.3) is 0 Å². The zero-order valence-corrected chi connectivity index (χ0v) is 11.7. The Labute approximate surface area is 113 Å². The molecule has 0 saturated heterocycles. The molecule has 19 heavy (non-hydrogen) atoms. The van der Waals surface area contributed by atoms with Crippen LogP contribution in [0.5, 0.6) is 0 Å². The van der Waals surface area contributed by atoms with Crippen molar-refractivity contribution in [1.82, 2.24) is 5.32 Å². The molecule has 2 nitrogen and oxygen atoms in total. The molecule has 0 aliphatic carbocycles. The molecule has 0 bridgehead atoms. The van der Waals surface area contributed by atoms with E-state index in [2.05, 4.69) is 5.32 Å². The third-order valence-corrected chi connectivity index (χ3v) is 3.16. The molecule has 1 aromatic carbocycles. The first kappa shape index (κ1) is 15.6. The molecule has 0 aliphatic rings. The van der Waals surface area contributed by atoms with E-state index in [0.29, 0.717) is 24.9 Å². The Balaban J connectivity index is 2.68. The number of hydrogen-bond donors (Lipinski definition) is 1. The zero-order chi connectivity index (χ0) is 14.4. The molecule has 0 fully saturated rings. The highest BCUT2D eigenvalue weighted by Crippen LogP contribution is 2.19. The standard InChI is InChI=1S/C15H21F2NO/c1-4-18-15(19)14(10(2)3)6-5-11-7-12(16)9-13(17)8-11/h7-10,14H,4-6H2,1-3H3,(H,18,19). The average Bonchev–Trinajstić information content (AvgIpc) is 2.27. The molecule has 0 spiro atoms. The molecular weight excluding hydrogens is 248 g/mol. The largest absolute Gasteiger partial charge is 0.356 e. The van der Waals surface area contributed by atoms with Crippen molar-refractivity contribution in [3.05, 3.63) is 35.4 Å². The Morgan fingerprint density at radius 1 is 1.21 bits per heavy atom. The summed E-state index contributed by atoms with van der Waals surface area (Å²) in [7, 11) is 0. The van der Waals surface area contributed by atoms with Gasteiger partial charge in [-0.1, -0.05) is 13.8 Å². The second-order valence-electron chi connectivity index (χ2n) is 5.06. The highest BCUT2D eigenvalue weighted by Gasteiger charge is 2.21. The summed E-state index contributed by atoms with van der Waals surface area (Å²) < 4.78 is 26.1. The van der Waals surface area contributed by atoms with Gasteiger partial charge in [-0.25, -0.2) is 8.78 Å². The quantitative estimate of drug-likeness (QED) is 0.843. The van der Waals surface area contributed by atoms with Crippen LogP contribution < -0.4 is 5.32 Å². The molecule has 1 amide bonds. The van der Waals surface area contributed by atoms with Crippen LogP contribution in [0.15, 0.2) is 18.2 Å². The van der Waals surface area contributed by atoms with Crippen molar-refractivity contribution in [2.75, 3.05) is 6.54 Å². The fraction of sp³-hybridized carbons (Fsp3) is 0.533. The molecule has 0 heterocycles. The van der Waals surface area contributed by atoms with Gasteiger partial charge in [-0.2, -0.15) is 0 Å². The normalized spacial score (nSPS) is 12.5. The summed E-state index contributed by atoms with van der Waals surface area (Å²) in [5.41, 5.74) is 0.590. The third kappa shape index (κ3) is 4.97. The fourth-order valence-corrected chi connectivity index (χ4v) is 2.15. The van der Waals surface area contributed by atoms with Crippen molar-refractivity contribution >= 4 is 5.91 Å². The highest BCUT2D eigenvalue weighted by molar-refractivity contribution is 5.78. The SMILES string of the molecule is CCNC(=O)C(CCc1cc(F)cc(F)c1)C(C)C. The van der Waals surface area contributed by atoms with Crippen LogP contribution >= 0.6 is 0 Å². The van der Waals surface area contributed by atoms with E-state index < -0.39 is 11.6 Å². The van der Waals surface area contributed by atoms with Gasteiger partial charge in [0.25, 0.3) is 0 Å². The fourth-order valence-electron chi connectivity index (χ4n) is 2.15. The van der Waals surface area contributed by atoms with E-state index in [0.717, 1.165) is 6.07 Å².